The Kier molecular flexibility index (Phi) is 7.28. The number of ether oxygens (including phenoxy) is 1. The molecular formula is C16H33N5O2. The van der Waals surface area contributed by atoms with E-state index in [-0.39, 0.29) is 23.5 Å². The van der Waals surface area contributed by atoms with Crippen LogP contribution < -0.4 is 16.0 Å². The molecule has 1 aliphatic heterocycles. The second-order valence-electron chi connectivity index (χ2n) is 7.49. The third kappa shape index (κ3) is 7.65. The van der Waals surface area contributed by atoms with Crippen molar-refractivity contribution >= 4 is 11.9 Å². The van der Waals surface area contributed by atoms with Crippen LogP contribution in [0.4, 0.5) is 0 Å². The zero-order chi connectivity index (χ0) is 17.5. The van der Waals surface area contributed by atoms with Gasteiger partial charge in [-0.05, 0) is 34.6 Å². The zero-order valence-electron chi connectivity index (χ0n) is 15.5. The molecule has 1 saturated heterocycles. The first-order chi connectivity index (χ1) is 10.6. The molecule has 0 aliphatic carbocycles. The average molecular weight is 327 g/mol. The van der Waals surface area contributed by atoms with Gasteiger partial charge in [-0.3, -0.25) is 14.7 Å². The molecule has 0 saturated carbocycles. The summed E-state index contributed by atoms with van der Waals surface area (Å²) in [6.07, 6.45) is 0. The molecule has 3 N–H and O–H groups in total. The molecule has 0 radical (unpaired) electrons. The van der Waals surface area contributed by atoms with E-state index in [1.165, 1.54) is 0 Å². The van der Waals surface area contributed by atoms with Crippen LogP contribution in [0.15, 0.2) is 4.99 Å². The highest BCUT2D eigenvalue weighted by Crippen LogP contribution is 2.14. The number of amides is 1. The Morgan fingerprint density at radius 3 is 2.26 bits per heavy atom. The van der Waals surface area contributed by atoms with Crippen LogP contribution in [0.2, 0.25) is 0 Å². The molecule has 0 aromatic carbocycles. The van der Waals surface area contributed by atoms with Crippen LogP contribution in [0.5, 0.6) is 0 Å². The standard InChI is InChI=1S/C16H33N5O2/c1-15(2,3)20-13(22)11-18-14(17-6)19-12-16(4,5)21-7-9-23-10-8-21/h7-12H2,1-6H3,(H,20,22)(H2,17,18,19). The quantitative estimate of drug-likeness (QED) is 0.496. The first-order valence-corrected chi connectivity index (χ1v) is 8.22. The second-order valence-corrected chi connectivity index (χ2v) is 7.49. The maximum Gasteiger partial charge on any atom is 0.239 e. The Balaban J connectivity index is 2.40. The van der Waals surface area contributed by atoms with E-state index in [0.29, 0.717) is 5.96 Å². The van der Waals surface area contributed by atoms with E-state index in [2.05, 4.69) is 39.7 Å². The first-order valence-electron chi connectivity index (χ1n) is 8.22. The third-order valence-electron chi connectivity index (χ3n) is 3.71. The molecule has 0 aromatic rings. The Hall–Kier alpha value is -1.34. The number of aliphatic imine (C=N–C) groups is 1. The fourth-order valence-electron chi connectivity index (χ4n) is 2.43. The summed E-state index contributed by atoms with van der Waals surface area (Å²) in [5, 5.41) is 9.27. The van der Waals surface area contributed by atoms with Gasteiger partial charge in [-0.1, -0.05) is 0 Å². The van der Waals surface area contributed by atoms with Crippen LogP contribution in [0, 0.1) is 0 Å². The molecule has 134 valence electrons. The van der Waals surface area contributed by atoms with Gasteiger partial charge in [-0.15, -0.1) is 0 Å². The molecule has 7 heteroatoms. The second kappa shape index (κ2) is 8.49. The molecule has 0 bridgehead atoms. The summed E-state index contributed by atoms with van der Waals surface area (Å²) in [6, 6.07) is 0. The predicted octanol–water partition coefficient (Wildman–Crippen LogP) is 0.177. The van der Waals surface area contributed by atoms with Crippen LogP contribution in [0.3, 0.4) is 0 Å². The number of guanidine groups is 1. The highest BCUT2D eigenvalue weighted by atomic mass is 16.5. The van der Waals surface area contributed by atoms with Gasteiger partial charge in [0.1, 0.15) is 0 Å². The Labute approximate surface area is 140 Å². The van der Waals surface area contributed by atoms with Crippen molar-refractivity contribution in [3.05, 3.63) is 0 Å². The van der Waals surface area contributed by atoms with Gasteiger partial charge in [0.05, 0.1) is 19.8 Å². The third-order valence-corrected chi connectivity index (χ3v) is 3.71. The predicted molar refractivity (Wildman–Crippen MR) is 93.7 cm³/mol. The van der Waals surface area contributed by atoms with Crippen molar-refractivity contribution in [1.82, 2.24) is 20.9 Å². The SMILES string of the molecule is CN=C(NCC(=O)NC(C)(C)C)NCC(C)(C)N1CCOCC1. The number of rotatable bonds is 5. The lowest BCUT2D eigenvalue weighted by Crippen LogP contribution is -2.57. The van der Waals surface area contributed by atoms with E-state index >= 15 is 0 Å². The molecule has 7 nitrogen and oxygen atoms in total. The lowest BCUT2D eigenvalue weighted by atomic mass is 10.0. The van der Waals surface area contributed by atoms with Crippen LogP contribution >= 0.6 is 0 Å². The molecule has 0 aromatic heterocycles. The lowest BCUT2D eigenvalue weighted by Gasteiger charge is -2.41. The average Bonchev–Trinajstić information content (AvgIpc) is 2.46. The van der Waals surface area contributed by atoms with Crippen LogP contribution in [0.1, 0.15) is 34.6 Å². The molecule has 0 atom stereocenters. The Bertz CT molecular complexity index is 409. The smallest absolute Gasteiger partial charge is 0.239 e. The summed E-state index contributed by atoms with van der Waals surface area (Å²) in [5.74, 6) is 0.586. The van der Waals surface area contributed by atoms with Gasteiger partial charge in [-0.25, -0.2) is 0 Å². The molecule has 0 unspecified atom stereocenters. The number of morpholine rings is 1. The fraction of sp³-hybridized carbons (Fsp3) is 0.875. The summed E-state index contributed by atoms with van der Waals surface area (Å²) in [5.41, 5.74) is -0.233. The number of hydrogen-bond donors (Lipinski definition) is 3. The van der Waals surface area contributed by atoms with Crippen molar-refractivity contribution in [2.75, 3.05) is 46.4 Å². The largest absolute Gasteiger partial charge is 0.379 e. The zero-order valence-corrected chi connectivity index (χ0v) is 15.5. The van der Waals surface area contributed by atoms with E-state index < -0.39 is 0 Å². The van der Waals surface area contributed by atoms with Gasteiger partial charge in [-0.2, -0.15) is 0 Å². The monoisotopic (exact) mass is 327 g/mol. The Morgan fingerprint density at radius 2 is 1.74 bits per heavy atom. The fourth-order valence-corrected chi connectivity index (χ4v) is 2.43. The van der Waals surface area contributed by atoms with E-state index in [0.717, 1.165) is 32.8 Å². The molecule has 0 spiro atoms. The number of carbonyl (C=O) groups is 1. The summed E-state index contributed by atoms with van der Waals surface area (Å²) in [4.78, 5) is 18.4. The van der Waals surface area contributed by atoms with Crippen molar-refractivity contribution in [2.24, 2.45) is 4.99 Å². The van der Waals surface area contributed by atoms with Crippen LogP contribution in [0.25, 0.3) is 0 Å². The van der Waals surface area contributed by atoms with Gasteiger partial charge < -0.3 is 20.7 Å². The maximum atomic E-state index is 11.8. The molecular weight excluding hydrogens is 294 g/mol. The minimum Gasteiger partial charge on any atom is -0.379 e. The lowest BCUT2D eigenvalue weighted by molar-refractivity contribution is -0.121. The number of nitrogens with one attached hydrogen (secondary N) is 3. The number of carbonyl (C=O) groups excluding carboxylic acids is 1. The van der Waals surface area contributed by atoms with Crippen molar-refractivity contribution < 1.29 is 9.53 Å². The molecule has 1 rings (SSSR count). The normalized spacial score (nSPS) is 17.7. The summed E-state index contributed by atoms with van der Waals surface area (Å²) in [7, 11) is 1.71. The van der Waals surface area contributed by atoms with Crippen molar-refractivity contribution in [1.29, 1.82) is 0 Å². The van der Waals surface area contributed by atoms with Crippen molar-refractivity contribution in [3.63, 3.8) is 0 Å². The molecule has 1 amide bonds. The summed E-state index contributed by atoms with van der Waals surface area (Å²) >= 11 is 0. The minimum absolute atomic E-state index is 0.00489. The Morgan fingerprint density at radius 1 is 1.13 bits per heavy atom. The summed E-state index contributed by atoms with van der Waals surface area (Å²) in [6.45, 7) is 14.7. The maximum absolute atomic E-state index is 11.8. The topological polar surface area (TPSA) is 78.0 Å². The van der Waals surface area contributed by atoms with Gasteiger partial charge in [0.25, 0.3) is 0 Å². The van der Waals surface area contributed by atoms with Gasteiger partial charge in [0.2, 0.25) is 5.91 Å². The van der Waals surface area contributed by atoms with E-state index in [9.17, 15) is 4.79 Å². The van der Waals surface area contributed by atoms with Gasteiger partial charge >= 0.3 is 0 Å². The molecule has 1 aliphatic rings. The molecule has 1 fully saturated rings. The van der Waals surface area contributed by atoms with Crippen LogP contribution in [-0.2, 0) is 9.53 Å². The first kappa shape index (κ1) is 19.7. The molecule has 1 heterocycles. The number of nitrogens with zero attached hydrogens (tertiary/aromatic N) is 2. The van der Waals surface area contributed by atoms with E-state index in [1.807, 2.05) is 20.8 Å². The van der Waals surface area contributed by atoms with E-state index in [4.69, 9.17) is 4.74 Å². The van der Waals surface area contributed by atoms with Gasteiger partial charge in [0, 0.05) is 37.8 Å². The highest BCUT2D eigenvalue weighted by molar-refractivity contribution is 5.86. The number of hydrogen-bond acceptors (Lipinski definition) is 4. The van der Waals surface area contributed by atoms with Crippen LogP contribution in [-0.4, -0.2) is 74.3 Å². The molecule has 23 heavy (non-hydrogen) atoms. The summed E-state index contributed by atoms with van der Waals surface area (Å²) < 4.78 is 5.40. The van der Waals surface area contributed by atoms with Gasteiger partial charge in [0.15, 0.2) is 5.96 Å². The van der Waals surface area contributed by atoms with E-state index in [1.54, 1.807) is 7.05 Å². The minimum atomic E-state index is -0.228. The van der Waals surface area contributed by atoms with Crippen molar-refractivity contribution in [3.8, 4) is 0 Å². The highest BCUT2D eigenvalue weighted by Gasteiger charge is 2.28. The van der Waals surface area contributed by atoms with Crippen molar-refractivity contribution in [2.45, 2.75) is 45.7 Å².